The lowest BCUT2D eigenvalue weighted by atomic mass is 9.74. The van der Waals surface area contributed by atoms with Gasteiger partial charge in [0, 0.05) is 31.7 Å². The second-order valence-electron chi connectivity index (χ2n) is 11.8. The zero-order chi connectivity index (χ0) is 29.7. The van der Waals surface area contributed by atoms with Crippen molar-refractivity contribution in [2.75, 3.05) is 0 Å². The van der Waals surface area contributed by atoms with Crippen molar-refractivity contribution in [1.29, 1.82) is 0 Å². The van der Waals surface area contributed by atoms with Crippen LogP contribution in [0.4, 0.5) is 0 Å². The van der Waals surface area contributed by atoms with E-state index in [4.69, 9.17) is 9.97 Å². The minimum absolute atomic E-state index is 0.0934. The number of rotatable bonds is 4. The summed E-state index contributed by atoms with van der Waals surface area (Å²) in [7, 11) is 0. The molecule has 0 aliphatic carbocycles. The Morgan fingerprint density at radius 2 is 1.16 bits per heavy atom. The molecule has 1 aliphatic rings. The summed E-state index contributed by atoms with van der Waals surface area (Å²) in [6, 6.07) is 51.7. The topological polar surface area (TPSA) is 25.8 Å². The van der Waals surface area contributed by atoms with E-state index in [0.29, 0.717) is 0 Å². The summed E-state index contributed by atoms with van der Waals surface area (Å²) in [5, 5.41) is 1.06. The Morgan fingerprint density at radius 1 is 0.500 bits per heavy atom. The molecule has 8 rings (SSSR count). The molecule has 0 saturated heterocycles. The van der Waals surface area contributed by atoms with Gasteiger partial charge in [0.1, 0.15) is 0 Å². The van der Waals surface area contributed by atoms with E-state index in [9.17, 15) is 0 Å². The van der Waals surface area contributed by atoms with Gasteiger partial charge in [-0.05, 0) is 57.6 Å². The minimum atomic E-state index is -0.0934. The Hall–Kier alpha value is -4.99. The molecule has 0 radical (unpaired) electrons. The highest BCUT2D eigenvalue weighted by atomic mass is 32.2. The molecule has 0 unspecified atom stereocenters. The van der Waals surface area contributed by atoms with Gasteiger partial charge >= 0.3 is 0 Å². The van der Waals surface area contributed by atoms with E-state index < -0.39 is 0 Å². The summed E-state index contributed by atoms with van der Waals surface area (Å²) >= 11 is 1.88. The lowest BCUT2D eigenvalue weighted by Crippen LogP contribution is -2.24. The van der Waals surface area contributed by atoms with Crippen LogP contribution in [0, 0.1) is 0 Å². The van der Waals surface area contributed by atoms with Crippen LogP contribution in [-0.4, -0.2) is 9.97 Å². The number of benzene rings is 6. The molecule has 7 aromatic rings. The van der Waals surface area contributed by atoms with E-state index in [1.54, 1.807) is 0 Å². The maximum Gasteiger partial charge on any atom is 0.160 e. The van der Waals surface area contributed by atoms with Crippen LogP contribution in [0.5, 0.6) is 0 Å². The minimum Gasteiger partial charge on any atom is -0.228 e. The fourth-order valence-electron chi connectivity index (χ4n) is 6.53. The summed E-state index contributed by atoms with van der Waals surface area (Å²) in [4.78, 5) is 12.7. The summed E-state index contributed by atoms with van der Waals surface area (Å²) in [6.45, 7) is 4.71. The molecule has 0 amide bonds. The van der Waals surface area contributed by atoms with E-state index in [2.05, 4.69) is 141 Å². The molecule has 2 nitrogen and oxygen atoms in total. The summed E-state index contributed by atoms with van der Waals surface area (Å²) < 4.78 is 0. The van der Waals surface area contributed by atoms with Crippen molar-refractivity contribution in [2.45, 2.75) is 29.1 Å². The SMILES string of the molecule is CC1(C)c2ccccc2Sc2cccc(-c3cccc(-c4ccc(-c5nc(-c6ccccc6)c6ccccc6n5)cc4)c3)c21. The molecular weight excluding hydrogens is 553 g/mol. The average Bonchev–Trinajstić information content (AvgIpc) is 3.08. The van der Waals surface area contributed by atoms with Crippen molar-refractivity contribution in [3.63, 3.8) is 0 Å². The number of hydrogen-bond acceptors (Lipinski definition) is 3. The number of nitrogens with zero attached hydrogens (tertiary/aromatic N) is 2. The molecule has 0 N–H and O–H groups in total. The van der Waals surface area contributed by atoms with E-state index in [0.717, 1.165) is 33.5 Å². The Labute approximate surface area is 262 Å². The number of hydrogen-bond donors (Lipinski definition) is 0. The van der Waals surface area contributed by atoms with E-state index in [1.807, 2.05) is 30.0 Å². The van der Waals surface area contributed by atoms with Crippen LogP contribution in [-0.2, 0) is 5.41 Å². The Morgan fingerprint density at radius 3 is 2.02 bits per heavy atom. The van der Waals surface area contributed by atoms with Crippen LogP contribution < -0.4 is 0 Å². The molecule has 44 heavy (non-hydrogen) atoms. The van der Waals surface area contributed by atoms with Gasteiger partial charge in [0.25, 0.3) is 0 Å². The highest BCUT2D eigenvalue weighted by molar-refractivity contribution is 7.99. The molecule has 2 heterocycles. The summed E-state index contributed by atoms with van der Waals surface area (Å²) in [5.74, 6) is 0.735. The largest absolute Gasteiger partial charge is 0.228 e. The van der Waals surface area contributed by atoms with Crippen LogP contribution in [0.25, 0.3) is 55.8 Å². The van der Waals surface area contributed by atoms with Crippen LogP contribution in [0.2, 0.25) is 0 Å². The predicted molar refractivity (Wildman–Crippen MR) is 184 cm³/mol. The van der Waals surface area contributed by atoms with Crippen LogP contribution >= 0.6 is 11.8 Å². The first-order chi connectivity index (χ1) is 21.6. The van der Waals surface area contributed by atoms with Crippen molar-refractivity contribution >= 4 is 22.7 Å². The van der Waals surface area contributed by atoms with Crippen LogP contribution in [0.1, 0.15) is 25.0 Å². The highest BCUT2D eigenvalue weighted by Gasteiger charge is 2.35. The van der Waals surface area contributed by atoms with E-state index in [-0.39, 0.29) is 5.41 Å². The first-order valence-corrected chi connectivity index (χ1v) is 15.8. The molecule has 0 saturated carbocycles. The molecule has 1 aliphatic heterocycles. The van der Waals surface area contributed by atoms with Gasteiger partial charge in [-0.15, -0.1) is 0 Å². The lowest BCUT2D eigenvalue weighted by molar-refractivity contribution is 0.609. The number of para-hydroxylation sites is 1. The monoisotopic (exact) mass is 582 g/mol. The molecule has 3 heteroatoms. The second-order valence-corrected chi connectivity index (χ2v) is 12.9. The van der Waals surface area contributed by atoms with Crippen molar-refractivity contribution in [3.05, 3.63) is 157 Å². The van der Waals surface area contributed by atoms with Crippen molar-refractivity contribution in [3.8, 4) is 44.9 Å². The third kappa shape index (κ3) is 4.52. The molecule has 0 atom stereocenters. The molecule has 0 bridgehead atoms. The van der Waals surface area contributed by atoms with Gasteiger partial charge in [0.2, 0.25) is 0 Å². The summed E-state index contributed by atoms with van der Waals surface area (Å²) in [6.07, 6.45) is 0. The zero-order valence-corrected chi connectivity index (χ0v) is 25.5. The lowest BCUT2D eigenvalue weighted by Gasteiger charge is -2.36. The van der Waals surface area contributed by atoms with Crippen molar-refractivity contribution in [1.82, 2.24) is 9.97 Å². The average molecular weight is 583 g/mol. The van der Waals surface area contributed by atoms with Crippen LogP contribution in [0.15, 0.2) is 155 Å². The smallest absolute Gasteiger partial charge is 0.160 e. The standard InChI is InChI=1S/C41H30N2S/c1-41(2)34-18-7-9-20-36(34)44-37-21-11-17-32(38(37)41)31-15-10-14-30(26-31)27-22-24-29(25-23-27)40-42-35-19-8-6-16-33(35)39(43-40)28-12-4-3-5-13-28/h3-26H,1-2H3. The first kappa shape index (κ1) is 26.6. The highest BCUT2D eigenvalue weighted by Crippen LogP contribution is 2.52. The van der Waals surface area contributed by atoms with Gasteiger partial charge in [-0.1, -0.05) is 147 Å². The third-order valence-corrected chi connectivity index (χ3v) is 9.87. The number of fused-ring (bicyclic) bond motifs is 3. The number of aromatic nitrogens is 2. The predicted octanol–water partition coefficient (Wildman–Crippen LogP) is 11.1. The third-order valence-electron chi connectivity index (χ3n) is 8.73. The van der Waals surface area contributed by atoms with E-state index >= 15 is 0 Å². The van der Waals surface area contributed by atoms with Gasteiger partial charge < -0.3 is 0 Å². The maximum absolute atomic E-state index is 5.06. The summed E-state index contributed by atoms with van der Waals surface area (Å²) in [5.41, 5.74) is 11.6. The molecule has 1 aromatic heterocycles. The molecule has 0 spiro atoms. The van der Waals surface area contributed by atoms with Gasteiger partial charge in [0.15, 0.2) is 5.82 Å². The van der Waals surface area contributed by atoms with Crippen LogP contribution in [0.3, 0.4) is 0 Å². The molecular formula is C41H30N2S. The van der Waals surface area contributed by atoms with Crippen molar-refractivity contribution < 1.29 is 0 Å². The van der Waals surface area contributed by atoms with Gasteiger partial charge in [0.05, 0.1) is 11.2 Å². The van der Waals surface area contributed by atoms with Gasteiger partial charge in [-0.25, -0.2) is 9.97 Å². The molecule has 0 fully saturated rings. The molecule has 6 aromatic carbocycles. The second kappa shape index (κ2) is 10.6. The molecule has 210 valence electrons. The Bertz CT molecular complexity index is 2160. The van der Waals surface area contributed by atoms with Gasteiger partial charge in [-0.3, -0.25) is 0 Å². The maximum atomic E-state index is 5.06. The van der Waals surface area contributed by atoms with E-state index in [1.165, 1.54) is 43.2 Å². The quantitative estimate of drug-likeness (QED) is 0.206. The van der Waals surface area contributed by atoms with Crippen molar-refractivity contribution in [2.24, 2.45) is 0 Å². The Kier molecular flexibility index (Phi) is 6.43. The fourth-order valence-corrected chi connectivity index (χ4v) is 7.96. The fraction of sp³-hybridized carbons (Fsp3) is 0.0732. The Balaban J connectivity index is 1.17. The normalized spacial score (nSPS) is 13.3. The zero-order valence-electron chi connectivity index (χ0n) is 24.7. The first-order valence-electron chi connectivity index (χ1n) is 15.0. The van der Waals surface area contributed by atoms with Gasteiger partial charge in [-0.2, -0.15) is 0 Å².